The molecular formula is C13H14O5. The molecule has 0 spiro atoms. The van der Waals surface area contributed by atoms with Gasteiger partial charge in [-0.05, 0) is 11.6 Å². The minimum atomic E-state index is -0.951. The van der Waals surface area contributed by atoms with Gasteiger partial charge in [-0.2, -0.15) is 0 Å². The van der Waals surface area contributed by atoms with E-state index < -0.39 is 12.4 Å². The van der Waals surface area contributed by atoms with Gasteiger partial charge in [0.15, 0.2) is 0 Å². The molecule has 96 valence electrons. The van der Waals surface area contributed by atoms with Crippen LogP contribution in [0.15, 0.2) is 36.4 Å². The zero-order valence-electron chi connectivity index (χ0n) is 9.94. The van der Waals surface area contributed by atoms with Gasteiger partial charge in [-0.1, -0.05) is 36.4 Å². The molecule has 0 aromatic heterocycles. The molecule has 5 heteroatoms. The number of rotatable bonds is 6. The molecule has 0 fully saturated rings. The highest BCUT2D eigenvalue weighted by Gasteiger charge is 2.09. The van der Waals surface area contributed by atoms with Gasteiger partial charge < -0.3 is 14.2 Å². The zero-order valence-corrected chi connectivity index (χ0v) is 9.94. The van der Waals surface area contributed by atoms with E-state index in [0.717, 1.165) is 5.56 Å². The second kappa shape index (κ2) is 7.89. The van der Waals surface area contributed by atoms with Crippen molar-refractivity contribution in [3.8, 4) is 0 Å². The first kappa shape index (κ1) is 13.8. The van der Waals surface area contributed by atoms with Crippen LogP contribution in [0.5, 0.6) is 0 Å². The maximum Gasteiger partial charge on any atom is 0.511 e. The molecule has 0 radical (unpaired) electrons. The fraction of sp³-hybridized carbons (Fsp3) is 0.231. The molecule has 0 aliphatic carbocycles. The number of carbonyl (C=O) groups is 2. The summed E-state index contributed by atoms with van der Waals surface area (Å²) in [6.07, 6.45) is 1.66. The fourth-order valence-electron chi connectivity index (χ4n) is 1.14. The highest BCUT2D eigenvalue weighted by Crippen LogP contribution is 2.01. The summed E-state index contributed by atoms with van der Waals surface area (Å²) in [5.41, 5.74) is 1.01. The minimum Gasteiger partial charge on any atom is -0.430 e. The summed E-state index contributed by atoms with van der Waals surface area (Å²) in [5, 5.41) is 0. The third-order valence-electron chi connectivity index (χ3n) is 1.92. The van der Waals surface area contributed by atoms with E-state index in [-0.39, 0.29) is 13.1 Å². The average Bonchev–Trinajstić information content (AvgIpc) is 2.36. The highest BCUT2D eigenvalue weighted by molar-refractivity contribution is 5.60. The number of carbonyl (C=O) groups excluding carboxylic acids is 2. The summed E-state index contributed by atoms with van der Waals surface area (Å²) >= 11 is 0. The van der Waals surface area contributed by atoms with E-state index in [2.05, 4.69) is 9.47 Å². The Hall–Kier alpha value is -2.30. The van der Waals surface area contributed by atoms with Crippen LogP contribution in [-0.2, 0) is 19.0 Å². The van der Waals surface area contributed by atoms with Crippen molar-refractivity contribution in [3.05, 3.63) is 42.0 Å². The fourth-order valence-corrected chi connectivity index (χ4v) is 1.14. The third kappa shape index (κ3) is 5.69. The van der Waals surface area contributed by atoms with Crippen LogP contribution in [-0.4, -0.2) is 25.5 Å². The van der Waals surface area contributed by atoms with Crippen molar-refractivity contribution >= 4 is 18.7 Å². The minimum absolute atomic E-state index is 0.0849. The number of ether oxygens (including phenoxy) is 3. The van der Waals surface area contributed by atoms with Crippen LogP contribution in [0.4, 0.5) is 4.79 Å². The molecule has 1 atom stereocenters. The Bertz CT molecular complexity index is 399. The monoisotopic (exact) mass is 250 g/mol. The maximum atomic E-state index is 11.1. The Balaban J connectivity index is 2.23. The van der Waals surface area contributed by atoms with Gasteiger partial charge in [-0.25, -0.2) is 4.79 Å². The lowest BCUT2D eigenvalue weighted by Crippen LogP contribution is -2.18. The average molecular weight is 250 g/mol. The van der Waals surface area contributed by atoms with Crippen molar-refractivity contribution in [2.75, 3.05) is 6.61 Å². The van der Waals surface area contributed by atoms with E-state index in [1.807, 2.05) is 36.4 Å². The largest absolute Gasteiger partial charge is 0.511 e. The van der Waals surface area contributed by atoms with E-state index in [1.54, 1.807) is 6.08 Å². The Morgan fingerprint density at radius 2 is 2.06 bits per heavy atom. The van der Waals surface area contributed by atoms with Gasteiger partial charge >= 0.3 is 6.16 Å². The van der Waals surface area contributed by atoms with Crippen LogP contribution in [0.1, 0.15) is 12.5 Å². The van der Waals surface area contributed by atoms with E-state index in [4.69, 9.17) is 4.74 Å². The lowest BCUT2D eigenvalue weighted by atomic mass is 10.2. The first-order valence-corrected chi connectivity index (χ1v) is 5.36. The van der Waals surface area contributed by atoms with Crippen LogP contribution >= 0.6 is 0 Å². The molecular weight excluding hydrogens is 236 g/mol. The number of benzene rings is 1. The summed E-state index contributed by atoms with van der Waals surface area (Å²) in [4.78, 5) is 21.0. The van der Waals surface area contributed by atoms with Crippen molar-refractivity contribution in [3.63, 3.8) is 0 Å². The van der Waals surface area contributed by atoms with Gasteiger partial charge in [0, 0.05) is 6.92 Å². The van der Waals surface area contributed by atoms with Crippen molar-refractivity contribution in [1.82, 2.24) is 0 Å². The molecule has 1 aromatic rings. The lowest BCUT2D eigenvalue weighted by molar-refractivity contribution is -0.152. The molecule has 0 heterocycles. The molecule has 1 unspecified atom stereocenters. The molecule has 1 rings (SSSR count). The Morgan fingerprint density at radius 3 is 2.72 bits per heavy atom. The second-order valence-electron chi connectivity index (χ2n) is 3.29. The Morgan fingerprint density at radius 1 is 1.33 bits per heavy atom. The molecule has 0 N–H and O–H groups in total. The van der Waals surface area contributed by atoms with Crippen LogP contribution in [0.2, 0.25) is 0 Å². The maximum absolute atomic E-state index is 11.1. The second-order valence-corrected chi connectivity index (χ2v) is 3.29. The summed E-state index contributed by atoms with van der Waals surface area (Å²) in [6, 6.07) is 9.59. The van der Waals surface area contributed by atoms with Crippen molar-refractivity contribution in [2.24, 2.45) is 0 Å². The summed E-state index contributed by atoms with van der Waals surface area (Å²) in [7, 11) is 0. The quantitative estimate of drug-likeness (QED) is 0.440. The van der Waals surface area contributed by atoms with Crippen LogP contribution < -0.4 is 0 Å². The van der Waals surface area contributed by atoms with Crippen LogP contribution in [0.3, 0.4) is 0 Å². The number of hydrogen-bond donors (Lipinski definition) is 0. The van der Waals surface area contributed by atoms with Crippen molar-refractivity contribution in [1.29, 1.82) is 0 Å². The van der Waals surface area contributed by atoms with Gasteiger partial charge in [0.25, 0.3) is 6.47 Å². The third-order valence-corrected chi connectivity index (χ3v) is 1.92. The first-order chi connectivity index (χ1) is 8.72. The summed E-state index contributed by atoms with van der Waals surface area (Å²) in [5.74, 6) is 0. The van der Waals surface area contributed by atoms with E-state index in [0.29, 0.717) is 0 Å². The number of hydrogen-bond acceptors (Lipinski definition) is 5. The Labute approximate surface area is 105 Å². The van der Waals surface area contributed by atoms with Gasteiger partial charge in [0.05, 0.1) is 0 Å². The SMILES string of the molecule is CC(OC=O)OC(=O)OCC=Cc1ccccc1. The molecule has 0 aliphatic heterocycles. The molecule has 0 amide bonds. The zero-order chi connectivity index (χ0) is 13.2. The molecule has 18 heavy (non-hydrogen) atoms. The predicted octanol–water partition coefficient (Wildman–Crippen LogP) is 2.37. The molecule has 0 aliphatic rings. The smallest absolute Gasteiger partial charge is 0.430 e. The van der Waals surface area contributed by atoms with Crippen LogP contribution in [0.25, 0.3) is 6.08 Å². The van der Waals surface area contributed by atoms with E-state index >= 15 is 0 Å². The van der Waals surface area contributed by atoms with Gasteiger partial charge in [-0.3, -0.25) is 4.79 Å². The molecule has 0 bridgehead atoms. The summed E-state index contributed by atoms with van der Waals surface area (Å²) < 4.78 is 13.7. The molecule has 0 saturated heterocycles. The molecule has 0 saturated carbocycles. The first-order valence-electron chi connectivity index (χ1n) is 5.36. The molecule has 5 nitrogen and oxygen atoms in total. The van der Waals surface area contributed by atoms with E-state index in [9.17, 15) is 9.59 Å². The molecule has 1 aromatic carbocycles. The van der Waals surface area contributed by atoms with E-state index in [1.165, 1.54) is 6.92 Å². The standard InChI is InChI=1S/C13H14O5/c1-11(17-10-14)18-13(15)16-9-5-8-12-6-3-2-4-7-12/h2-8,10-11H,9H2,1H3. The normalized spacial score (nSPS) is 11.8. The van der Waals surface area contributed by atoms with Crippen molar-refractivity contribution < 1.29 is 23.8 Å². The van der Waals surface area contributed by atoms with Gasteiger partial charge in [0.2, 0.25) is 6.29 Å². The van der Waals surface area contributed by atoms with Gasteiger partial charge in [0.1, 0.15) is 6.61 Å². The van der Waals surface area contributed by atoms with Gasteiger partial charge in [-0.15, -0.1) is 0 Å². The summed E-state index contributed by atoms with van der Waals surface area (Å²) in [6.45, 7) is 1.70. The topological polar surface area (TPSA) is 61.8 Å². The Kier molecular flexibility index (Phi) is 6.03. The highest BCUT2D eigenvalue weighted by atomic mass is 16.8. The lowest BCUT2D eigenvalue weighted by Gasteiger charge is -2.09. The van der Waals surface area contributed by atoms with Crippen LogP contribution in [0, 0.1) is 0 Å². The van der Waals surface area contributed by atoms with Crippen molar-refractivity contribution in [2.45, 2.75) is 13.2 Å². The predicted molar refractivity (Wildman–Crippen MR) is 64.5 cm³/mol.